The Morgan fingerprint density at radius 2 is 2.07 bits per heavy atom. The number of unbranched alkanes of at least 4 members (excludes halogenated alkanes) is 1. The van der Waals surface area contributed by atoms with Gasteiger partial charge >= 0.3 is 0 Å². The van der Waals surface area contributed by atoms with Crippen LogP contribution in [0.5, 0.6) is 0 Å². The summed E-state index contributed by atoms with van der Waals surface area (Å²) >= 11 is 0. The van der Waals surface area contributed by atoms with Crippen LogP contribution in [-0.2, 0) is 4.74 Å². The third kappa shape index (κ3) is 5.15. The fourth-order valence-corrected chi connectivity index (χ4v) is 1.96. The predicted molar refractivity (Wildman–Crippen MR) is 60.3 cm³/mol. The average Bonchev–Trinajstić information content (AvgIpc) is 2.70. The molecule has 0 aromatic carbocycles. The van der Waals surface area contributed by atoms with Gasteiger partial charge in [-0.2, -0.15) is 5.26 Å². The van der Waals surface area contributed by atoms with Gasteiger partial charge in [-0.3, -0.25) is 0 Å². The Morgan fingerprint density at radius 1 is 1.40 bits per heavy atom. The van der Waals surface area contributed by atoms with Gasteiger partial charge in [0.25, 0.3) is 0 Å². The van der Waals surface area contributed by atoms with Gasteiger partial charge in [0.2, 0.25) is 0 Å². The van der Waals surface area contributed by atoms with Crippen LogP contribution in [0.3, 0.4) is 0 Å². The molecule has 1 fully saturated rings. The maximum Gasteiger partial charge on any atom is 0.101 e. The largest absolute Gasteiger partial charge is 0.378 e. The molecule has 0 heterocycles. The molecule has 1 rings (SSSR count). The van der Waals surface area contributed by atoms with Crippen molar-refractivity contribution in [1.29, 1.82) is 5.26 Å². The summed E-state index contributed by atoms with van der Waals surface area (Å²) in [7, 11) is 0. The van der Waals surface area contributed by atoms with E-state index in [0.29, 0.717) is 6.10 Å². The molecule has 15 heavy (non-hydrogen) atoms. The average molecular weight is 210 g/mol. The second-order valence-corrected chi connectivity index (χ2v) is 4.76. The fraction of sp³-hybridized carbons (Fsp3) is 0.917. The first-order valence-electron chi connectivity index (χ1n) is 5.96. The summed E-state index contributed by atoms with van der Waals surface area (Å²) in [5.41, 5.74) is 5.06. The van der Waals surface area contributed by atoms with Crippen molar-refractivity contribution >= 4 is 0 Å². The van der Waals surface area contributed by atoms with E-state index in [-0.39, 0.29) is 0 Å². The fourth-order valence-electron chi connectivity index (χ4n) is 1.96. The van der Waals surface area contributed by atoms with E-state index < -0.39 is 5.54 Å². The van der Waals surface area contributed by atoms with Crippen LogP contribution in [-0.4, -0.2) is 18.2 Å². The van der Waals surface area contributed by atoms with Gasteiger partial charge in [-0.05, 0) is 39.0 Å². The van der Waals surface area contributed by atoms with Crippen molar-refractivity contribution in [1.82, 2.24) is 0 Å². The molecule has 3 heteroatoms. The molecule has 86 valence electrons. The summed E-state index contributed by atoms with van der Waals surface area (Å²) in [6, 6.07) is 2.11. The molecular formula is C12H22N2O. The van der Waals surface area contributed by atoms with E-state index in [1.54, 1.807) is 6.92 Å². The van der Waals surface area contributed by atoms with Gasteiger partial charge in [0.15, 0.2) is 0 Å². The smallest absolute Gasteiger partial charge is 0.101 e. The molecule has 0 bridgehead atoms. The second-order valence-electron chi connectivity index (χ2n) is 4.76. The second kappa shape index (κ2) is 6.09. The van der Waals surface area contributed by atoms with Crippen molar-refractivity contribution < 1.29 is 4.74 Å². The summed E-state index contributed by atoms with van der Waals surface area (Å²) in [5.74, 6) is 0. The van der Waals surface area contributed by atoms with Crippen molar-refractivity contribution in [3.63, 3.8) is 0 Å². The lowest BCUT2D eigenvalue weighted by Crippen LogP contribution is -2.33. The van der Waals surface area contributed by atoms with Gasteiger partial charge in [0.1, 0.15) is 5.54 Å². The Balaban J connectivity index is 1.95. The third-order valence-electron chi connectivity index (χ3n) is 3.00. The van der Waals surface area contributed by atoms with Crippen LogP contribution in [0, 0.1) is 11.3 Å². The van der Waals surface area contributed by atoms with Gasteiger partial charge in [-0.1, -0.05) is 12.8 Å². The number of ether oxygens (including phenoxy) is 1. The van der Waals surface area contributed by atoms with Crippen molar-refractivity contribution in [3.05, 3.63) is 0 Å². The molecular weight excluding hydrogens is 188 g/mol. The Morgan fingerprint density at radius 3 is 2.67 bits per heavy atom. The Hall–Kier alpha value is -0.590. The minimum Gasteiger partial charge on any atom is -0.378 e. The monoisotopic (exact) mass is 210 g/mol. The molecule has 2 N–H and O–H groups in total. The zero-order valence-corrected chi connectivity index (χ0v) is 9.67. The molecule has 1 atom stereocenters. The number of hydrogen-bond donors (Lipinski definition) is 1. The lowest BCUT2D eigenvalue weighted by Gasteiger charge is -2.15. The summed E-state index contributed by atoms with van der Waals surface area (Å²) in [6.07, 6.45) is 8.36. The standard InChI is InChI=1S/C12H22N2O/c1-12(14,10-13)8-4-5-9-15-11-6-2-3-7-11/h11H,2-9,14H2,1H3. The highest BCUT2D eigenvalue weighted by Crippen LogP contribution is 2.21. The van der Waals surface area contributed by atoms with Crippen LogP contribution < -0.4 is 5.73 Å². The van der Waals surface area contributed by atoms with Crippen LogP contribution in [0.15, 0.2) is 0 Å². The normalized spacial score (nSPS) is 21.1. The highest BCUT2D eigenvalue weighted by molar-refractivity contribution is 5.00. The van der Waals surface area contributed by atoms with Gasteiger partial charge in [0, 0.05) is 6.61 Å². The van der Waals surface area contributed by atoms with E-state index >= 15 is 0 Å². The van der Waals surface area contributed by atoms with Crippen LogP contribution in [0.25, 0.3) is 0 Å². The molecule has 3 nitrogen and oxygen atoms in total. The Labute approximate surface area is 92.6 Å². The first-order valence-corrected chi connectivity index (χ1v) is 5.96. The van der Waals surface area contributed by atoms with E-state index in [9.17, 15) is 0 Å². The molecule has 0 amide bonds. The molecule has 1 saturated carbocycles. The van der Waals surface area contributed by atoms with Crippen molar-refractivity contribution in [3.8, 4) is 6.07 Å². The van der Waals surface area contributed by atoms with Gasteiger partial charge in [-0.15, -0.1) is 0 Å². The SMILES string of the molecule is CC(N)(C#N)CCCCOC1CCCC1. The zero-order chi connectivity index (χ0) is 11.1. The van der Waals surface area contributed by atoms with Gasteiger partial charge < -0.3 is 10.5 Å². The highest BCUT2D eigenvalue weighted by atomic mass is 16.5. The number of nitrogens with zero attached hydrogens (tertiary/aromatic N) is 1. The molecule has 1 unspecified atom stereocenters. The minimum atomic E-state index is -0.659. The summed E-state index contributed by atoms with van der Waals surface area (Å²) in [5, 5.41) is 8.72. The topological polar surface area (TPSA) is 59.0 Å². The summed E-state index contributed by atoms with van der Waals surface area (Å²) in [4.78, 5) is 0. The zero-order valence-electron chi connectivity index (χ0n) is 9.67. The van der Waals surface area contributed by atoms with E-state index in [1.165, 1.54) is 25.7 Å². The van der Waals surface area contributed by atoms with Crippen LogP contribution in [0.2, 0.25) is 0 Å². The van der Waals surface area contributed by atoms with Crippen molar-refractivity contribution in [2.45, 2.75) is 63.5 Å². The molecule has 0 aliphatic heterocycles. The van der Waals surface area contributed by atoms with E-state index in [2.05, 4.69) is 6.07 Å². The van der Waals surface area contributed by atoms with Gasteiger partial charge in [-0.25, -0.2) is 0 Å². The summed E-state index contributed by atoms with van der Waals surface area (Å²) < 4.78 is 5.73. The van der Waals surface area contributed by atoms with Crippen molar-refractivity contribution in [2.24, 2.45) is 5.73 Å². The third-order valence-corrected chi connectivity index (χ3v) is 3.00. The molecule has 0 aromatic rings. The molecule has 0 aromatic heterocycles. The number of nitrogens with two attached hydrogens (primary N) is 1. The lowest BCUT2D eigenvalue weighted by atomic mass is 9.98. The molecule has 0 spiro atoms. The molecule has 0 radical (unpaired) electrons. The lowest BCUT2D eigenvalue weighted by molar-refractivity contribution is 0.0553. The predicted octanol–water partition coefficient (Wildman–Crippen LogP) is 2.36. The maximum atomic E-state index is 8.72. The summed E-state index contributed by atoms with van der Waals surface area (Å²) in [6.45, 7) is 2.61. The van der Waals surface area contributed by atoms with E-state index in [1.807, 2.05) is 0 Å². The van der Waals surface area contributed by atoms with Gasteiger partial charge in [0.05, 0.1) is 12.2 Å². The molecule has 1 aliphatic carbocycles. The maximum absolute atomic E-state index is 8.72. The van der Waals surface area contributed by atoms with Crippen LogP contribution in [0.1, 0.15) is 51.9 Å². The first kappa shape index (κ1) is 12.5. The van der Waals surface area contributed by atoms with Crippen LogP contribution in [0.4, 0.5) is 0 Å². The minimum absolute atomic E-state index is 0.505. The highest BCUT2D eigenvalue weighted by Gasteiger charge is 2.17. The molecule has 1 aliphatic rings. The number of nitriles is 1. The first-order chi connectivity index (χ1) is 7.14. The van der Waals surface area contributed by atoms with E-state index in [4.69, 9.17) is 15.7 Å². The quantitative estimate of drug-likeness (QED) is 0.685. The van der Waals surface area contributed by atoms with Crippen LogP contribution >= 0.6 is 0 Å². The molecule has 0 saturated heterocycles. The number of hydrogen-bond acceptors (Lipinski definition) is 3. The Kier molecular flexibility index (Phi) is 5.07. The number of rotatable bonds is 6. The van der Waals surface area contributed by atoms with E-state index in [0.717, 1.165) is 25.9 Å². The van der Waals surface area contributed by atoms with Crippen molar-refractivity contribution in [2.75, 3.05) is 6.61 Å². The Bertz CT molecular complexity index is 214.